The van der Waals surface area contributed by atoms with Crippen LogP contribution in [-0.4, -0.2) is 17.5 Å². The zero-order valence-electron chi connectivity index (χ0n) is 11.2. The fourth-order valence-electron chi connectivity index (χ4n) is 2.98. The monoisotopic (exact) mass is 242 g/mol. The van der Waals surface area contributed by atoms with Crippen LogP contribution in [0, 0.1) is 17.2 Å². The Balaban J connectivity index is 2.05. The number of hydrogen-bond acceptors (Lipinski definition) is 2. The molecule has 2 heteroatoms. The van der Waals surface area contributed by atoms with Crippen LogP contribution in [0.5, 0.6) is 0 Å². The van der Waals surface area contributed by atoms with E-state index in [1.807, 2.05) is 0 Å². The Bertz CT molecular complexity index is 393. The zero-order chi connectivity index (χ0) is 12.8. The molecule has 0 saturated heterocycles. The highest BCUT2D eigenvalue weighted by Gasteiger charge is 2.29. The minimum absolute atomic E-state index is 0.224. The topological polar surface area (TPSA) is 27.0 Å². The first-order chi connectivity index (χ1) is 8.85. The van der Waals surface area contributed by atoms with E-state index < -0.39 is 0 Å². The first kappa shape index (κ1) is 13.1. The van der Waals surface area contributed by atoms with Crippen LogP contribution in [0.25, 0.3) is 0 Å². The molecule has 18 heavy (non-hydrogen) atoms. The minimum atomic E-state index is 0.224. The maximum atomic E-state index is 9.30. The molecular weight excluding hydrogens is 220 g/mol. The van der Waals surface area contributed by atoms with E-state index in [9.17, 15) is 5.26 Å². The number of rotatable bonds is 4. The zero-order valence-corrected chi connectivity index (χ0v) is 11.2. The van der Waals surface area contributed by atoms with Crippen molar-refractivity contribution in [2.75, 3.05) is 6.54 Å². The van der Waals surface area contributed by atoms with E-state index in [1.54, 1.807) is 0 Å². The van der Waals surface area contributed by atoms with Crippen molar-refractivity contribution >= 4 is 0 Å². The highest BCUT2D eigenvalue weighted by atomic mass is 15.2. The van der Waals surface area contributed by atoms with Gasteiger partial charge in [-0.1, -0.05) is 50.1 Å². The second-order valence-electron chi connectivity index (χ2n) is 5.14. The van der Waals surface area contributed by atoms with Gasteiger partial charge in [0.25, 0.3) is 0 Å². The number of nitriles is 1. The molecular formula is C16H22N2. The molecule has 0 N–H and O–H groups in total. The second kappa shape index (κ2) is 6.56. The normalized spacial score (nSPS) is 23.8. The molecule has 1 fully saturated rings. The van der Waals surface area contributed by atoms with Crippen molar-refractivity contribution < 1.29 is 0 Å². The lowest BCUT2D eigenvalue weighted by molar-refractivity contribution is 0.126. The molecule has 0 bridgehead atoms. The van der Waals surface area contributed by atoms with E-state index in [-0.39, 0.29) is 5.92 Å². The summed E-state index contributed by atoms with van der Waals surface area (Å²) in [5.41, 5.74) is 1.35. The lowest BCUT2D eigenvalue weighted by Gasteiger charge is -2.36. The molecule has 0 aliphatic heterocycles. The smallest absolute Gasteiger partial charge is 0.0672 e. The number of hydrogen-bond donors (Lipinski definition) is 0. The van der Waals surface area contributed by atoms with Gasteiger partial charge in [0, 0.05) is 12.6 Å². The molecule has 96 valence electrons. The molecule has 0 heterocycles. The van der Waals surface area contributed by atoms with Crippen molar-refractivity contribution in [3.63, 3.8) is 0 Å². The summed E-state index contributed by atoms with van der Waals surface area (Å²) < 4.78 is 0. The predicted molar refractivity (Wildman–Crippen MR) is 73.9 cm³/mol. The van der Waals surface area contributed by atoms with Crippen molar-refractivity contribution in [3.8, 4) is 6.07 Å². The largest absolute Gasteiger partial charge is 0.295 e. The second-order valence-corrected chi connectivity index (χ2v) is 5.14. The highest BCUT2D eigenvalue weighted by Crippen LogP contribution is 2.28. The molecule has 2 unspecified atom stereocenters. The van der Waals surface area contributed by atoms with Crippen LogP contribution >= 0.6 is 0 Å². The quantitative estimate of drug-likeness (QED) is 0.806. The third kappa shape index (κ3) is 3.11. The fraction of sp³-hybridized carbons (Fsp3) is 0.562. The van der Waals surface area contributed by atoms with Gasteiger partial charge in [0.1, 0.15) is 0 Å². The Labute approximate surface area is 110 Å². The van der Waals surface area contributed by atoms with E-state index >= 15 is 0 Å². The average molecular weight is 242 g/mol. The van der Waals surface area contributed by atoms with Crippen LogP contribution in [0.2, 0.25) is 0 Å². The summed E-state index contributed by atoms with van der Waals surface area (Å²) in [6.45, 7) is 4.20. The van der Waals surface area contributed by atoms with Crippen molar-refractivity contribution in [3.05, 3.63) is 35.9 Å². The lowest BCUT2D eigenvalue weighted by Crippen LogP contribution is -2.41. The maximum absolute atomic E-state index is 9.30. The van der Waals surface area contributed by atoms with E-state index in [2.05, 4.69) is 48.2 Å². The molecule has 1 aliphatic rings. The van der Waals surface area contributed by atoms with Crippen LogP contribution < -0.4 is 0 Å². The van der Waals surface area contributed by atoms with Gasteiger partial charge < -0.3 is 0 Å². The molecule has 1 aromatic carbocycles. The van der Waals surface area contributed by atoms with Gasteiger partial charge in [-0.25, -0.2) is 0 Å². The van der Waals surface area contributed by atoms with Gasteiger partial charge in [0.05, 0.1) is 12.0 Å². The third-order valence-corrected chi connectivity index (χ3v) is 4.00. The summed E-state index contributed by atoms with van der Waals surface area (Å²) in [7, 11) is 0. The van der Waals surface area contributed by atoms with Crippen LogP contribution in [-0.2, 0) is 6.54 Å². The minimum Gasteiger partial charge on any atom is -0.295 e. The molecule has 1 aliphatic carbocycles. The Kier molecular flexibility index (Phi) is 4.78. The van der Waals surface area contributed by atoms with Crippen molar-refractivity contribution in [2.45, 2.75) is 45.2 Å². The molecule has 1 aromatic rings. The summed E-state index contributed by atoms with van der Waals surface area (Å²) in [6, 6.07) is 13.5. The first-order valence-electron chi connectivity index (χ1n) is 7.02. The van der Waals surface area contributed by atoms with E-state index in [0.717, 1.165) is 19.5 Å². The van der Waals surface area contributed by atoms with Gasteiger partial charge in [-0.15, -0.1) is 0 Å². The third-order valence-electron chi connectivity index (χ3n) is 4.00. The molecule has 0 amide bonds. The molecule has 2 atom stereocenters. The predicted octanol–water partition coefficient (Wildman–Crippen LogP) is 3.59. The fourth-order valence-corrected chi connectivity index (χ4v) is 2.98. The van der Waals surface area contributed by atoms with Gasteiger partial charge >= 0.3 is 0 Å². The van der Waals surface area contributed by atoms with Gasteiger partial charge in [-0.05, 0) is 24.9 Å². The van der Waals surface area contributed by atoms with Crippen molar-refractivity contribution in [1.29, 1.82) is 5.26 Å². The SMILES string of the molecule is CCN(Cc1ccccc1)C1CCCCC1C#N. The van der Waals surface area contributed by atoms with Gasteiger partial charge in [0.15, 0.2) is 0 Å². The number of benzene rings is 1. The number of nitrogens with zero attached hydrogens (tertiary/aromatic N) is 2. The summed E-state index contributed by atoms with van der Waals surface area (Å²) in [5, 5.41) is 9.30. The Morgan fingerprint density at radius 2 is 1.94 bits per heavy atom. The lowest BCUT2D eigenvalue weighted by atomic mass is 9.84. The van der Waals surface area contributed by atoms with Crippen LogP contribution in [0.1, 0.15) is 38.2 Å². The van der Waals surface area contributed by atoms with Crippen molar-refractivity contribution in [2.24, 2.45) is 5.92 Å². The Hall–Kier alpha value is -1.33. The van der Waals surface area contributed by atoms with Crippen LogP contribution in [0.3, 0.4) is 0 Å². The van der Waals surface area contributed by atoms with E-state index in [1.165, 1.54) is 24.8 Å². The summed E-state index contributed by atoms with van der Waals surface area (Å²) >= 11 is 0. The average Bonchev–Trinajstić information content (AvgIpc) is 2.46. The van der Waals surface area contributed by atoms with Crippen LogP contribution in [0.15, 0.2) is 30.3 Å². The first-order valence-corrected chi connectivity index (χ1v) is 7.02. The highest BCUT2D eigenvalue weighted by molar-refractivity contribution is 5.15. The molecule has 0 radical (unpaired) electrons. The molecule has 0 spiro atoms. The van der Waals surface area contributed by atoms with E-state index in [0.29, 0.717) is 6.04 Å². The Morgan fingerprint density at radius 3 is 2.61 bits per heavy atom. The molecule has 2 nitrogen and oxygen atoms in total. The Morgan fingerprint density at radius 1 is 1.22 bits per heavy atom. The maximum Gasteiger partial charge on any atom is 0.0672 e. The molecule has 2 rings (SSSR count). The van der Waals surface area contributed by atoms with Crippen molar-refractivity contribution in [1.82, 2.24) is 4.90 Å². The van der Waals surface area contributed by atoms with Crippen LogP contribution in [0.4, 0.5) is 0 Å². The summed E-state index contributed by atoms with van der Waals surface area (Å²) in [5.74, 6) is 0.224. The summed E-state index contributed by atoms with van der Waals surface area (Å²) in [6.07, 6.45) is 4.75. The standard InChI is InChI=1S/C16H22N2/c1-2-18(13-14-8-4-3-5-9-14)16-11-7-6-10-15(16)12-17/h3-5,8-9,15-16H,2,6-7,10-11,13H2,1H3. The van der Waals surface area contributed by atoms with Gasteiger partial charge in [-0.2, -0.15) is 5.26 Å². The van der Waals surface area contributed by atoms with Gasteiger partial charge in [-0.3, -0.25) is 4.90 Å². The van der Waals surface area contributed by atoms with E-state index in [4.69, 9.17) is 0 Å². The molecule has 1 saturated carbocycles. The van der Waals surface area contributed by atoms with Gasteiger partial charge in [0.2, 0.25) is 0 Å². The molecule has 0 aromatic heterocycles. The summed E-state index contributed by atoms with van der Waals surface area (Å²) in [4.78, 5) is 2.47.